The monoisotopic (exact) mass is 1270 g/mol. The average molecular weight is 1280 g/mol. The fraction of sp³-hybridized carbons (Fsp3) is 0.793. The number of carbonyl (C=O) groups excluding carboxylic acids is 11. The molecule has 0 aromatic heterocycles. The van der Waals surface area contributed by atoms with Crippen LogP contribution in [0.15, 0.2) is 0 Å². The van der Waals surface area contributed by atoms with Crippen molar-refractivity contribution in [3.63, 3.8) is 0 Å². The first-order valence-electron chi connectivity index (χ1n) is 30.4. The molecule has 512 valence electrons. The zero-order valence-electron chi connectivity index (χ0n) is 54.6. The number of hydrogen-bond donors (Lipinski definition) is 13. The van der Waals surface area contributed by atoms with Gasteiger partial charge >= 0.3 is 18.0 Å². The first-order valence-corrected chi connectivity index (χ1v) is 30.4. The number of nitrogens with one attached hydrogen (secondary N) is 10. The number of ether oxygens (including phenoxy) is 6. The molecule has 0 aromatic carbocycles. The van der Waals surface area contributed by atoms with Crippen molar-refractivity contribution in [3.8, 4) is 0 Å². The van der Waals surface area contributed by atoms with Crippen molar-refractivity contribution < 1.29 is 91.1 Å². The zero-order valence-corrected chi connectivity index (χ0v) is 54.6. The molecule has 0 aliphatic heterocycles. The Kier molecular flexibility index (Phi) is 41.2. The smallest absolute Gasteiger partial charge is 0.312 e. The van der Waals surface area contributed by atoms with Gasteiger partial charge in [-0.25, -0.2) is 4.79 Å². The predicted octanol–water partition coefficient (Wildman–Crippen LogP) is -1.34. The number of carboxylic acids is 1. The largest absolute Gasteiger partial charge is 0.481 e. The van der Waals surface area contributed by atoms with Crippen LogP contribution in [0.5, 0.6) is 0 Å². The van der Waals surface area contributed by atoms with Gasteiger partial charge in [-0.15, -0.1) is 0 Å². The van der Waals surface area contributed by atoms with Gasteiger partial charge in [0.05, 0.1) is 85.5 Å². The normalized spacial score (nSPS) is 13.9. The topological polar surface area (TPSA) is 453 Å². The van der Waals surface area contributed by atoms with Crippen LogP contribution in [0.4, 0.5) is 4.79 Å². The molecule has 11 amide bonds. The Morgan fingerprint density at radius 2 is 0.899 bits per heavy atom. The number of urea groups is 1. The van der Waals surface area contributed by atoms with Gasteiger partial charge in [0, 0.05) is 13.1 Å². The van der Waals surface area contributed by atoms with E-state index in [0.29, 0.717) is 33.0 Å². The van der Waals surface area contributed by atoms with E-state index in [9.17, 15) is 57.5 Å². The fourth-order valence-electron chi connectivity index (χ4n) is 8.06. The summed E-state index contributed by atoms with van der Waals surface area (Å²) in [4.78, 5) is 157. The SMILES string of the molecule is CC[C@H](NC(=O)[C@H](C)NC(=O)[C@H](CC(C)C)NC(=O)[C@H](CC(=O)OC(C)(C)C)NC(=O)CN)C(=O)N[C@@H](CC(C)C)C(=O)N[C@@H](CCCNC(N)=O)C(=O)NC(C)(C)C(=O)N[C@@H](CC(C)C)C(=O)NCCOCCOCCOCCOCCOCCC(=O)O. The summed E-state index contributed by atoms with van der Waals surface area (Å²) in [5, 5.41) is 34.6. The van der Waals surface area contributed by atoms with Gasteiger partial charge in [-0.05, 0) is 97.8 Å². The Balaban J connectivity index is 5.88. The summed E-state index contributed by atoms with van der Waals surface area (Å²) in [5.74, 6) is -8.97. The molecular formula is C58H106N12O19. The van der Waals surface area contributed by atoms with Gasteiger partial charge in [-0.2, -0.15) is 0 Å². The molecule has 15 N–H and O–H groups in total. The van der Waals surface area contributed by atoms with Crippen LogP contribution in [0.3, 0.4) is 0 Å². The lowest BCUT2D eigenvalue weighted by molar-refractivity contribution is -0.156. The van der Waals surface area contributed by atoms with E-state index in [1.54, 1.807) is 55.4 Å². The second-order valence-corrected chi connectivity index (χ2v) is 24.0. The maximum Gasteiger partial charge on any atom is 0.312 e. The van der Waals surface area contributed by atoms with Gasteiger partial charge in [0.2, 0.25) is 53.2 Å². The van der Waals surface area contributed by atoms with E-state index in [1.807, 2.05) is 13.8 Å². The highest BCUT2D eigenvalue weighted by atomic mass is 16.6. The Hall–Kier alpha value is -6.80. The summed E-state index contributed by atoms with van der Waals surface area (Å²) in [6, 6.07) is -9.70. The summed E-state index contributed by atoms with van der Waals surface area (Å²) in [6.07, 6.45) is -0.208. The number of aliphatic carboxylic acids is 1. The Morgan fingerprint density at radius 3 is 1.35 bits per heavy atom. The summed E-state index contributed by atoms with van der Waals surface area (Å²) < 4.78 is 32.3. The van der Waals surface area contributed by atoms with Crippen LogP contribution in [0, 0.1) is 17.8 Å². The number of primary amides is 1. The van der Waals surface area contributed by atoms with Gasteiger partial charge < -0.3 is 98.2 Å². The molecule has 0 aromatic rings. The molecule has 0 fully saturated rings. The molecule has 0 radical (unpaired) electrons. The van der Waals surface area contributed by atoms with E-state index < -0.39 is 138 Å². The lowest BCUT2D eigenvalue weighted by Crippen LogP contribution is -2.63. The van der Waals surface area contributed by atoms with Crippen LogP contribution in [-0.2, 0) is 81.2 Å². The van der Waals surface area contributed by atoms with Crippen molar-refractivity contribution >= 4 is 71.1 Å². The Morgan fingerprint density at radius 1 is 0.472 bits per heavy atom. The Bertz CT molecular complexity index is 2230. The lowest BCUT2D eigenvalue weighted by Gasteiger charge is -2.31. The van der Waals surface area contributed by atoms with Gasteiger partial charge in [0.1, 0.15) is 53.4 Å². The number of esters is 1. The lowest BCUT2D eigenvalue weighted by atomic mass is 9.98. The van der Waals surface area contributed by atoms with Gasteiger partial charge in [-0.1, -0.05) is 48.5 Å². The van der Waals surface area contributed by atoms with Crippen molar-refractivity contribution in [2.45, 2.75) is 195 Å². The molecule has 89 heavy (non-hydrogen) atoms. The molecule has 0 spiro atoms. The van der Waals surface area contributed by atoms with E-state index in [1.165, 1.54) is 20.8 Å². The highest BCUT2D eigenvalue weighted by molar-refractivity contribution is 5.99. The van der Waals surface area contributed by atoms with Crippen molar-refractivity contribution in [3.05, 3.63) is 0 Å². The number of carbonyl (C=O) groups is 12. The minimum atomic E-state index is -1.67. The first kappa shape index (κ1) is 82.2. The highest BCUT2D eigenvalue weighted by Gasteiger charge is 2.37. The number of hydrogen-bond acceptors (Lipinski definition) is 19. The van der Waals surface area contributed by atoms with Crippen LogP contribution in [0.1, 0.15) is 141 Å². The molecule has 0 saturated carbocycles. The van der Waals surface area contributed by atoms with Gasteiger partial charge in [0.15, 0.2) is 0 Å². The third-order valence-corrected chi connectivity index (χ3v) is 12.5. The minimum Gasteiger partial charge on any atom is -0.481 e. The summed E-state index contributed by atoms with van der Waals surface area (Å²) >= 11 is 0. The number of amides is 11. The fourth-order valence-corrected chi connectivity index (χ4v) is 8.06. The molecule has 0 rings (SSSR count). The van der Waals surface area contributed by atoms with E-state index in [2.05, 4.69) is 53.2 Å². The molecule has 0 saturated heterocycles. The molecule has 0 unspecified atom stereocenters. The quantitative estimate of drug-likeness (QED) is 0.0248. The highest BCUT2D eigenvalue weighted by Crippen LogP contribution is 2.14. The number of nitrogens with two attached hydrogens (primary N) is 2. The van der Waals surface area contributed by atoms with Crippen molar-refractivity contribution in [2.75, 3.05) is 85.7 Å². The molecule has 31 nitrogen and oxygen atoms in total. The van der Waals surface area contributed by atoms with Crippen LogP contribution >= 0.6 is 0 Å². The van der Waals surface area contributed by atoms with E-state index in [4.69, 9.17) is 45.0 Å². The summed E-state index contributed by atoms with van der Waals surface area (Å²) in [6.45, 7) is 23.8. The third kappa shape index (κ3) is 39.7. The Labute approximate surface area is 523 Å². The van der Waals surface area contributed by atoms with E-state index in [-0.39, 0.29) is 109 Å². The second-order valence-electron chi connectivity index (χ2n) is 24.0. The van der Waals surface area contributed by atoms with Crippen molar-refractivity contribution in [2.24, 2.45) is 29.2 Å². The van der Waals surface area contributed by atoms with E-state index >= 15 is 0 Å². The number of carboxylic acid groups (broad SMARTS) is 1. The van der Waals surface area contributed by atoms with Crippen LogP contribution in [-0.4, -0.2) is 215 Å². The average Bonchev–Trinajstić information content (AvgIpc) is 3.64. The van der Waals surface area contributed by atoms with Crippen LogP contribution in [0.2, 0.25) is 0 Å². The van der Waals surface area contributed by atoms with E-state index in [0.717, 1.165) is 0 Å². The predicted molar refractivity (Wildman–Crippen MR) is 326 cm³/mol. The maximum absolute atomic E-state index is 14.2. The van der Waals surface area contributed by atoms with Crippen molar-refractivity contribution in [1.29, 1.82) is 0 Å². The molecule has 0 heterocycles. The summed E-state index contributed by atoms with van der Waals surface area (Å²) in [5.41, 5.74) is 8.13. The molecule has 0 bridgehead atoms. The zero-order chi connectivity index (χ0) is 67.9. The molecule has 0 aliphatic rings. The third-order valence-electron chi connectivity index (χ3n) is 12.5. The molecular weight excluding hydrogens is 1170 g/mol. The first-order chi connectivity index (χ1) is 41.6. The minimum absolute atomic E-state index is 0.0112. The molecule has 0 aliphatic carbocycles. The number of rotatable bonds is 48. The standard InChI is InChI=1S/C58H106N12O19/c1-14-39(65-48(75)38(8)63-51(78)42(31-36(4)5)68-53(80)44(64-45(71)34-59)33-47(74)89-57(9,10)11)50(77)67-43(32-37(6)7)52(79)66-40(16-15-18-62-56(60)83)54(81)70-58(12,13)55(82)69-41(30-35(2)3)49(76)61-19-21-85-23-25-87-27-29-88-28-26-86-24-22-84-20-17-46(72)73/h35-44H,14-34,59H2,1-13H3,(H,61,76)(H,63,78)(H,64,71)(H,65,75)(H,66,79)(H,67,77)(H,68,80)(H,69,82)(H,70,81)(H,72,73)(H3,60,62,83)/t38-,39-,40-,41-,42-,43-,44-/m0/s1. The van der Waals surface area contributed by atoms with Gasteiger partial charge in [0.25, 0.3) is 0 Å². The van der Waals surface area contributed by atoms with Crippen molar-refractivity contribution in [1.82, 2.24) is 53.2 Å². The maximum atomic E-state index is 14.2. The van der Waals surface area contributed by atoms with Gasteiger partial charge in [-0.3, -0.25) is 52.7 Å². The molecule has 7 atom stereocenters. The van der Waals surface area contributed by atoms with Crippen LogP contribution < -0.4 is 64.6 Å². The summed E-state index contributed by atoms with van der Waals surface area (Å²) in [7, 11) is 0. The van der Waals surface area contributed by atoms with Crippen LogP contribution in [0.25, 0.3) is 0 Å². The molecule has 31 heteroatoms. The second kappa shape index (κ2) is 44.6.